The van der Waals surface area contributed by atoms with Gasteiger partial charge in [-0.2, -0.15) is 0 Å². The van der Waals surface area contributed by atoms with E-state index >= 15 is 0 Å². The van der Waals surface area contributed by atoms with Crippen LogP contribution in [-0.4, -0.2) is 26.4 Å². The minimum atomic E-state index is 0.00495. The van der Waals surface area contributed by atoms with Crippen LogP contribution in [0.1, 0.15) is 55.5 Å². The summed E-state index contributed by atoms with van der Waals surface area (Å²) in [4.78, 5) is 34.8. The van der Waals surface area contributed by atoms with Crippen molar-refractivity contribution in [3.05, 3.63) is 63.0 Å². The second kappa shape index (κ2) is 9.13. The Hall–Kier alpha value is -2.47. The normalized spacial score (nSPS) is 14.5. The molecule has 0 saturated heterocycles. The molecule has 0 bridgehead atoms. The fourth-order valence-corrected chi connectivity index (χ4v) is 5.41. The minimum absolute atomic E-state index is 0.00495. The lowest BCUT2D eigenvalue weighted by Gasteiger charge is -2.29. The van der Waals surface area contributed by atoms with Crippen molar-refractivity contribution in [1.82, 2.24) is 14.5 Å². The third-order valence-electron chi connectivity index (χ3n) is 6.15. The summed E-state index contributed by atoms with van der Waals surface area (Å²) in [5.41, 5.74) is 2.33. The van der Waals surface area contributed by atoms with Crippen molar-refractivity contribution < 1.29 is 4.79 Å². The van der Waals surface area contributed by atoms with Crippen LogP contribution in [0.4, 0.5) is 0 Å². The molecule has 2 heterocycles. The van der Waals surface area contributed by atoms with Gasteiger partial charge in [0.1, 0.15) is 4.83 Å². The zero-order valence-corrected chi connectivity index (χ0v) is 18.6. The number of thiophene rings is 1. The first-order chi connectivity index (χ1) is 14.6. The van der Waals surface area contributed by atoms with Gasteiger partial charge in [0.15, 0.2) is 0 Å². The highest BCUT2D eigenvalue weighted by Gasteiger charge is 2.22. The van der Waals surface area contributed by atoms with Crippen LogP contribution in [0.3, 0.4) is 0 Å². The molecule has 30 heavy (non-hydrogen) atoms. The van der Waals surface area contributed by atoms with E-state index < -0.39 is 0 Å². The van der Waals surface area contributed by atoms with Gasteiger partial charge >= 0.3 is 0 Å². The third kappa shape index (κ3) is 4.19. The van der Waals surface area contributed by atoms with Crippen molar-refractivity contribution in [3.8, 4) is 0 Å². The Morgan fingerprint density at radius 3 is 2.77 bits per heavy atom. The van der Waals surface area contributed by atoms with Crippen LogP contribution in [0.5, 0.6) is 0 Å². The van der Waals surface area contributed by atoms with Crippen molar-refractivity contribution >= 4 is 27.5 Å². The third-order valence-corrected chi connectivity index (χ3v) is 7.35. The highest BCUT2D eigenvalue weighted by molar-refractivity contribution is 7.18. The Bertz CT molecular complexity index is 1090. The van der Waals surface area contributed by atoms with Gasteiger partial charge in [-0.25, -0.2) is 4.98 Å². The summed E-state index contributed by atoms with van der Waals surface area (Å²) in [6.07, 6.45) is 7.16. The van der Waals surface area contributed by atoms with E-state index in [2.05, 4.69) is 18.8 Å². The van der Waals surface area contributed by atoms with E-state index in [-0.39, 0.29) is 17.5 Å². The summed E-state index contributed by atoms with van der Waals surface area (Å²) in [5.74, 6) is 0.0764. The zero-order valence-electron chi connectivity index (χ0n) is 17.8. The molecule has 158 valence electrons. The first-order valence-corrected chi connectivity index (χ1v) is 11.7. The maximum Gasteiger partial charge on any atom is 0.262 e. The van der Waals surface area contributed by atoms with Crippen LogP contribution in [-0.2, 0) is 30.7 Å². The minimum Gasteiger partial charge on any atom is -0.336 e. The van der Waals surface area contributed by atoms with E-state index in [4.69, 9.17) is 0 Å². The lowest BCUT2D eigenvalue weighted by atomic mass is 9.97. The number of nitrogens with zero attached hydrogens (tertiary/aromatic N) is 3. The van der Waals surface area contributed by atoms with Crippen LogP contribution in [0.15, 0.2) is 41.5 Å². The van der Waals surface area contributed by atoms with Gasteiger partial charge in [-0.1, -0.05) is 37.3 Å². The molecule has 0 N–H and O–H groups in total. The van der Waals surface area contributed by atoms with Gasteiger partial charge in [-0.15, -0.1) is 11.3 Å². The smallest absolute Gasteiger partial charge is 0.262 e. The predicted molar refractivity (Wildman–Crippen MR) is 122 cm³/mol. The van der Waals surface area contributed by atoms with Crippen LogP contribution in [0.25, 0.3) is 10.2 Å². The van der Waals surface area contributed by atoms with E-state index in [9.17, 15) is 9.59 Å². The fourth-order valence-electron chi connectivity index (χ4n) is 4.19. The molecule has 6 heteroatoms. The molecule has 5 nitrogen and oxygen atoms in total. The molecular formula is C24H29N3O2S. The fraction of sp³-hybridized carbons (Fsp3) is 0.458. The molecule has 1 aromatic carbocycles. The second-order valence-electron chi connectivity index (χ2n) is 8.15. The average molecular weight is 424 g/mol. The van der Waals surface area contributed by atoms with Gasteiger partial charge in [0.25, 0.3) is 5.56 Å². The van der Waals surface area contributed by atoms with Crippen molar-refractivity contribution in [3.63, 3.8) is 0 Å². The van der Waals surface area contributed by atoms with Crippen molar-refractivity contribution in [2.24, 2.45) is 0 Å². The summed E-state index contributed by atoms with van der Waals surface area (Å²) >= 11 is 1.66. The lowest BCUT2D eigenvalue weighted by Crippen LogP contribution is -2.38. The number of benzene rings is 1. The molecule has 0 radical (unpaired) electrons. The molecule has 2 aromatic heterocycles. The standard InChI is InChI=1S/C24H29N3O2S/c1-3-17(2)27(15-18-9-5-4-6-10-18)21(28)13-14-26-16-25-23-22(24(26)29)19-11-7-8-12-20(19)30-23/h4-6,9-10,16-17H,3,7-8,11-15H2,1-2H3. The average Bonchev–Trinajstić information content (AvgIpc) is 3.16. The van der Waals surface area contributed by atoms with E-state index in [1.807, 2.05) is 35.2 Å². The van der Waals surface area contributed by atoms with E-state index in [0.29, 0.717) is 19.5 Å². The largest absolute Gasteiger partial charge is 0.336 e. The number of aromatic nitrogens is 2. The molecule has 0 fully saturated rings. The van der Waals surface area contributed by atoms with Crippen molar-refractivity contribution in [2.45, 2.75) is 71.5 Å². The Morgan fingerprint density at radius 1 is 1.23 bits per heavy atom. The van der Waals surface area contributed by atoms with E-state index in [1.165, 1.54) is 16.9 Å². The van der Waals surface area contributed by atoms with Gasteiger partial charge in [0.2, 0.25) is 5.91 Å². The second-order valence-corrected chi connectivity index (χ2v) is 9.23. The van der Waals surface area contributed by atoms with Crippen molar-refractivity contribution in [2.75, 3.05) is 0 Å². The quantitative estimate of drug-likeness (QED) is 0.560. The van der Waals surface area contributed by atoms with E-state index in [1.54, 1.807) is 22.2 Å². The maximum absolute atomic E-state index is 13.1. The Labute approximate surface area is 181 Å². The van der Waals surface area contributed by atoms with Gasteiger partial charge in [0.05, 0.1) is 11.7 Å². The van der Waals surface area contributed by atoms with Gasteiger partial charge in [-0.3, -0.25) is 14.2 Å². The number of carbonyl (C=O) groups excluding carboxylic acids is 1. The maximum atomic E-state index is 13.1. The summed E-state index contributed by atoms with van der Waals surface area (Å²) in [5, 5.41) is 0.785. The lowest BCUT2D eigenvalue weighted by molar-refractivity contribution is -0.134. The first kappa shape index (κ1) is 20.8. The first-order valence-electron chi connectivity index (χ1n) is 10.9. The van der Waals surface area contributed by atoms with Gasteiger partial charge in [-0.05, 0) is 50.2 Å². The molecule has 1 aliphatic rings. The van der Waals surface area contributed by atoms with Crippen LogP contribution in [0, 0.1) is 0 Å². The SMILES string of the molecule is CCC(C)N(Cc1ccccc1)C(=O)CCn1cnc2sc3c(c2c1=O)CCCC3. The molecule has 0 aliphatic heterocycles. The highest BCUT2D eigenvalue weighted by atomic mass is 32.1. The van der Waals surface area contributed by atoms with E-state index in [0.717, 1.165) is 41.5 Å². The summed E-state index contributed by atoms with van der Waals surface area (Å²) in [6, 6.07) is 10.2. The number of amides is 1. The molecule has 3 aromatic rings. The number of rotatable bonds is 7. The molecular weight excluding hydrogens is 394 g/mol. The predicted octanol–water partition coefficient (Wildman–Crippen LogP) is 4.55. The van der Waals surface area contributed by atoms with Gasteiger partial charge < -0.3 is 4.90 Å². The number of carbonyl (C=O) groups is 1. The summed E-state index contributed by atoms with van der Waals surface area (Å²) < 4.78 is 1.62. The topological polar surface area (TPSA) is 55.2 Å². The highest BCUT2D eigenvalue weighted by Crippen LogP contribution is 2.33. The molecule has 1 atom stereocenters. The number of hydrogen-bond donors (Lipinski definition) is 0. The molecule has 1 amide bonds. The monoisotopic (exact) mass is 423 g/mol. The Kier molecular flexibility index (Phi) is 6.32. The summed E-state index contributed by atoms with van der Waals surface area (Å²) in [7, 11) is 0. The molecule has 0 spiro atoms. The van der Waals surface area contributed by atoms with Crippen LogP contribution in [0.2, 0.25) is 0 Å². The zero-order chi connectivity index (χ0) is 21.1. The number of fused-ring (bicyclic) bond motifs is 3. The van der Waals surface area contributed by atoms with Crippen molar-refractivity contribution in [1.29, 1.82) is 0 Å². The molecule has 4 rings (SSSR count). The number of hydrogen-bond acceptors (Lipinski definition) is 4. The molecule has 0 saturated carbocycles. The Balaban J connectivity index is 1.52. The van der Waals surface area contributed by atoms with Crippen LogP contribution >= 0.6 is 11.3 Å². The molecule has 1 aliphatic carbocycles. The van der Waals surface area contributed by atoms with Crippen LogP contribution < -0.4 is 5.56 Å². The number of aryl methyl sites for hydroxylation is 3. The summed E-state index contributed by atoms with van der Waals surface area (Å²) in [6.45, 7) is 5.14. The Morgan fingerprint density at radius 2 is 2.00 bits per heavy atom. The van der Waals surface area contributed by atoms with Gasteiger partial charge in [0, 0.05) is 30.4 Å². The molecule has 1 unspecified atom stereocenters.